The van der Waals surface area contributed by atoms with Crippen LogP contribution in [0.2, 0.25) is 0 Å². The van der Waals surface area contributed by atoms with Gasteiger partial charge in [-0.1, -0.05) is 6.08 Å². The van der Waals surface area contributed by atoms with E-state index in [1.54, 1.807) is 0 Å². The van der Waals surface area contributed by atoms with Gasteiger partial charge in [0.05, 0.1) is 10.2 Å². The lowest BCUT2D eigenvalue weighted by Gasteiger charge is -2.31. The van der Waals surface area contributed by atoms with Crippen molar-refractivity contribution in [3.05, 3.63) is 47.7 Å². The number of thioether (sulfide) groups is 1. The summed E-state index contributed by atoms with van der Waals surface area (Å²) in [6.07, 6.45) is 7.45. The highest BCUT2D eigenvalue weighted by Gasteiger charge is 2.73. The summed E-state index contributed by atoms with van der Waals surface area (Å²) in [5, 5.41) is 0. The lowest BCUT2D eigenvalue weighted by Crippen LogP contribution is -2.31. The Labute approximate surface area is 135 Å². The van der Waals surface area contributed by atoms with Crippen LogP contribution in [0.25, 0.3) is 0 Å². The molecule has 3 aliphatic rings. The third-order valence-electron chi connectivity index (χ3n) is 5.03. The van der Waals surface area contributed by atoms with Gasteiger partial charge in [0.25, 0.3) is 0 Å². The zero-order valence-electron chi connectivity index (χ0n) is 13.4. The molecular weight excluding hydrogens is 292 g/mol. The van der Waals surface area contributed by atoms with E-state index < -0.39 is 0 Å². The molecule has 4 rings (SSSR count). The zero-order valence-corrected chi connectivity index (χ0v) is 14.2. The van der Waals surface area contributed by atoms with Crippen LogP contribution in [0.4, 0.5) is 5.69 Å². The summed E-state index contributed by atoms with van der Waals surface area (Å²) >= 11 is 1.86. The summed E-state index contributed by atoms with van der Waals surface area (Å²) in [7, 11) is 8.17. The largest absolute Gasteiger partial charge is 0.378 e. The number of ketones is 1. The molecule has 1 aliphatic heterocycles. The Hall–Kier alpha value is -1.68. The monoisotopic (exact) mass is 312 g/mol. The Morgan fingerprint density at radius 2 is 1.91 bits per heavy atom. The maximum absolute atomic E-state index is 13.0. The normalized spacial score (nSPS) is 30.9. The van der Waals surface area contributed by atoms with E-state index in [0.29, 0.717) is 0 Å². The van der Waals surface area contributed by atoms with Crippen LogP contribution in [-0.4, -0.2) is 43.6 Å². The summed E-state index contributed by atoms with van der Waals surface area (Å²) in [6.45, 7) is 0. The van der Waals surface area contributed by atoms with Gasteiger partial charge in [-0.2, -0.15) is 0 Å². The summed E-state index contributed by atoms with van der Waals surface area (Å²) in [5.41, 5.74) is 2.92. The minimum atomic E-state index is -0.302. The molecule has 4 heteroatoms. The molecule has 1 saturated carbocycles. The quantitative estimate of drug-likeness (QED) is 0.837. The number of nitrogens with zero attached hydrogens (tertiary/aromatic N) is 2. The summed E-state index contributed by atoms with van der Waals surface area (Å²) < 4.78 is -0.0730. The summed E-state index contributed by atoms with van der Waals surface area (Å²) in [6, 6.07) is 6.18. The average Bonchev–Trinajstić information content (AvgIpc) is 3.15. The maximum Gasteiger partial charge on any atom is 0.175 e. The molecule has 2 atom stereocenters. The molecule has 0 amide bonds. The van der Waals surface area contributed by atoms with E-state index in [1.807, 2.05) is 38.0 Å². The summed E-state index contributed by atoms with van der Waals surface area (Å²) in [4.78, 5) is 18.4. The SMILES string of the molecule is CN(C)C1=CC23CC2(C=C1)C(=O)c1ccc(N(C)C)cc1S3. The maximum atomic E-state index is 13.0. The smallest absolute Gasteiger partial charge is 0.175 e. The fourth-order valence-corrected chi connectivity index (χ4v) is 5.21. The number of rotatable bonds is 2. The van der Waals surface area contributed by atoms with E-state index >= 15 is 0 Å². The van der Waals surface area contributed by atoms with Gasteiger partial charge in [0.15, 0.2) is 5.78 Å². The molecule has 3 nitrogen and oxygen atoms in total. The van der Waals surface area contributed by atoms with Gasteiger partial charge < -0.3 is 9.80 Å². The van der Waals surface area contributed by atoms with Gasteiger partial charge in [-0.15, -0.1) is 11.8 Å². The van der Waals surface area contributed by atoms with Crippen LogP contribution in [0.3, 0.4) is 0 Å². The first-order valence-electron chi connectivity index (χ1n) is 7.53. The predicted molar refractivity (Wildman–Crippen MR) is 91.6 cm³/mol. The Kier molecular flexibility index (Phi) is 2.66. The van der Waals surface area contributed by atoms with E-state index in [-0.39, 0.29) is 15.9 Å². The van der Waals surface area contributed by atoms with Crippen molar-refractivity contribution in [1.82, 2.24) is 4.90 Å². The van der Waals surface area contributed by atoms with Gasteiger partial charge in [-0.25, -0.2) is 0 Å². The number of benzene rings is 1. The Morgan fingerprint density at radius 3 is 2.59 bits per heavy atom. The molecule has 0 saturated heterocycles. The van der Waals surface area contributed by atoms with Gasteiger partial charge in [0.2, 0.25) is 0 Å². The van der Waals surface area contributed by atoms with Crippen molar-refractivity contribution in [3.63, 3.8) is 0 Å². The molecule has 0 radical (unpaired) electrons. The lowest BCUT2D eigenvalue weighted by molar-refractivity contribution is 0.0921. The van der Waals surface area contributed by atoms with Crippen molar-refractivity contribution in [2.24, 2.45) is 5.41 Å². The number of carbonyl (C=O) groups is 1. The van der Waals surface area contributed by atoms with Crippen molar-refractivity contribution < 1.29 is 4.79 Å². The molecule has 1 aromatic rings. The Morgan fingerprint density at radius 1 is 1.14 bits per heavy atom. The number of hydrogen-bond donors (Lipinski definition) is 0. The van der Waals surface area contributed by atoms with E-state index in [2.05, 4.69) is 48.2 Å². The van der Waals surface area contributed by atoms with Crippen molar-refractivity contribution in [2.75, 3.05) is 33.1 Å². The van der Waals surface area contributed by atoms with E-state index in [1.165, 1.54) is 5.70 Å². The number of Topliss-reactive ketones (excluding diaryl/α,β-unsaturated/α-hetero) is 1. The van der Waals surface area contributed by atoms with E-state index in [4.69, 9.17) is 0 Å². The Bertz CT molecular complexity index is 749. The van der Waals surface area contributed by atoms with Gasteiger partial charge >= 0.3 is 0 Å². The molecule has 0 spiro atoms. The highest BCUT2D eigenvalue weighted by Crippen LogP contribution is 2.73. The predicted octanol–water partition coefficient (Wildman–Crippen LogP) is 3.19. The van der Waals surface area contributed by atoms with E-state index in [0.717, 1.165) is 22.6 Å². The second kappa shape index (κ2) is 4.19. The van der Waals surface area contributed by atoms with Crippen LogP contribution in [-0.2, 0) is 0 Å². The van der Waals surface area contributed by atoms with Crippen LogP contribution < -0.4 is 4.90 Å². The second-order valence-corrected chi connectivity index (χ2v) is 8.21. The molecule has 0 N–H and O–H groups in total. The van der Waals surface area contributed by atoms with Crippen molar-refractivity contribution >= 4 is 23.2 Å². The third-order valence-corrected chi connectivity index (χ3v) is 6.58. The van der Waals surface area contributed by atoms with Gasteiger partial charge in [0.1, 0.15) is 0 Å². The fourth-order valence-electron chi connectivity index (χ4n) is 3.55. The average molecular weight is 312 g/mol. The van der Waals surface area contributed by atoms with Gasteiger partial charge in [0, 0.05) is 50.0 Å². The molecular formula is C18H20N2OS. The van der Waals surface area contributed by atoms with Crippen molar-refractivity contribution in [3.8, 4) is 0 Å². The topological polar surface area (TPSA) is 23.6 Å². The number of anilines is 1. The van der Waals surface area contributed by atoms with Crippen LogP contribution in [0.1, 0.15) is 16.8 Å². The molecule has 2 aliphatic carbocycles. The minimum Gasteiger partial charge on any atom is -0.378 e. The molecule has 0 aromatic heterocycles. The van der Waals surface area contributed by atoms with Crippen LogP contribution in [0.5, 0.6) is 0 Å². The fraction of sp³-hybridized carbons (Fsp3) is 0.389. The first-order chi connectivity index (χ1) is 10.4. The van der Waals surface area contributed by atoms with Gasteiger partial charge in [-0.05, 0) is 36.8 Å². The third kappa shape index (κ3) is 1.62. The number of carbonyl (C=O) groups excluding carboxylic acids is 1. The van der Waals surface area contributed by atoms with E-state index in [9.17, 15) is 4.79 Å². The van der Waals surface area contributed by atoms with Crippen LogP contribution in [0.15, 0.2) is 47.0 Å². The highest BCUT2D eigenvalue weighted by molar-refractivity contribution is 8.01. The standard InChI is InChI=1S/C18H20N2OS/c1-19(2)12-5-6-14-15(9-12)22-18-10-13(20(3)4)7-8-17(18,11-18)16(14)21/h5-10H,11H2,1-4H3. The Balaban J connectivity index is 1.82. The number of likely N-dealkylation sites (N-methyl/N-ethyl adjacent to an activating group) is 1. The molecule has 1 aromatic carbocycles. The number of fused-ring (bicyclic) bond motifs is 1. The number of hydrogen-bond acceptors (Lipinski definition) is 4. The second-order valence-electron chi connectivity index (χ2n) is 6.84. The molecule has 2 unspecified atom stereocenters. The molecule has 1 heterocycles. The van der Waals surface area contributed by atoms with Crippen molar-refractivity contribution in [1.29, 1.82) is 0 Å². The lowest BCUT2D eigenvalue weighted by atomic mass is 9.88. The first kappa shape index (κ1) is 13.9. The molecule has 0 bridgehead atoms. The zero-order chi connectivity index (χ0) is 15.7. The molecule has 1 fully saturated rings. The first-order valence-corrected chi connectivity index (χ1v) is 8.35. The highest BCUT2D eigenvalue weighted by atomic mass is 32.2. The van der Waals surface area contributed by atoms with Crippen LogP contribution in [0, 0.1) is 5.41 Å². The number of allylic oxidation sites excluding steroid dienone is 2. The summed E-state index contributed by atoms with van der Waals surface area (Å²) in [5.74, 6) is 0.289. The molecule has 114 valence electrons. The van der Waals surface area contributed by atoms with Crippen molar-refractivity contribution in [2.45, 2.75) is 16.1 Å². The minimum absolute atomic E-state index is 0.0730. The molecule has 22 heavy (non-hydrogen) atoms. The van der Waals surface area contributed by atoms with Gasteiger partial charge in [-0.3, -0.25) is 4.79 Å². The van der Waals surface area contributed by atoms with Crippen LogP contribution >= 0.6 is 11.8 Å².